The van der Waals surface area contributed by atoms with E-state index in [1.165, 1.54) is 7.05 Å². The first kappa shape index (κ1) is 17.2. The van der Waals surface area contributed by atoms with Crippen LogP contribution in [-0.2, 0) is 14.3 Å². The van der Waals surface area contributed by atoms with Crippen molar-refractivity contribution in [3.8, 4) is 11.1 Å². The van der Waals surface area contributed by atoms with E-state index < -0.39 is 17.5 Å². The van der Waals surface area contributed by atoms with Gasteiger partial charge in [0, 0.05) is 5.92 Å². The predicted molar refractivity (Wildman–Crippen MR) is 94.4 cm³/mol. The maximum atomic E-state index is 12.5. The number of hydrogen-bond donors (Lipinski definition) is 2. The number of likely N-dealkylation sites (N-methyl/N-ethyl adjacent to an activating group) is 1. The Morgan fingerprint density at radius 2 is 1.60 bits per heavy atom. The fraction of sp³-hybridized carbons (Fsp3) is 0.300. The van der Waals surface area contributed by atoms with Gasteiger partial charge in [-0.15, -0.1) is 0 Å². The van der Waals surface area contributed by atoms with E-state index in [1.807, 2.05) is 36.4 Å². The number of esters is 1. The Morgan fingerprint density at radius 3 is 2.04 bits per heavy atom. The van der Waals surface area contributed by atoms with Gasteiger partial charge in [-0.25, -0.2) is 9.59 Å². The van der Waals surface area contributed by atoms with Gasteiger partial charge in [0.2, 0.25) is 5.54 Å². The van der Waals surface area contributed by atoms with E-state index >= 15 is 0 Å². The van der Waals surface area contributed by atoms with Gasteiger partial charge in [-0.2, -0.15) is 0 Å². The molecule has 0 fully saturated rings. The quantitative estimate of drug-likeness (QED) is 0.625. The molecule has 0 aromatic heterocycles. The molecule has 0 heterocycles. The van der Waals surface area contributed by atoms with Crippen molar-refractivity contribution in [1.82, 2.24) is 5.32 Å². The zero-order valence-electron chi connectivity index (χ0n) is 14.3. The van der Waals surface area contributed by atoms with Crippen LogP contribution in [-0.4, -0.2) is 36.2 Å². The number of carbonyl (C=O) groups excluding carboxylic acids is 1. The Hall–Kier alpha value is -2.66. The Labute approximate surface area is 146 Å². The molecule has 0 aliphatic heterocycles. The largest absolute Gasteiger partial charge is 0.479 e. The summed E-state index contributed by atoms with van der Waals surface area (Å²) in [7, 11) is 1.46. The molecule has 25 heavy (non-hydrogen) atoms. The second-order valence-electron chi connectivity index (χ2n) is 6.14. The Morgan fingerprint density at radius 1 is 1.08 bits per heavy atom. The highest BCUT2D eigenvalue weighted by Crippen LogP contribution is 2.44. The molecular formula is C20H21NO4. The zero-order chi connectivity index (χ0) is 18.0. The number of hydrogen-bond acceptors (Lipinski definition) is 4. The van der Waals surface area contributed by atoms with E-state index in [0.717, 1.165) is 22.3 Å². The normalized spacial score (nSPS) is 15.1. The summed E-state index contributed by atoms with van der Waals surface area (Å²) in [6.07, 6.45) is 0.107. The third-order valence-corrected chi connectivity index (χ3v) is 5.01. The van der Waals surface area contributed by atoms with Crippen molar-refractivity contribution in [2.75, 3.05) is 13.7 Å². The van der Waals surface area contributed by atoms with Gasteiger partial charge in [-0.3, -0.25) is 5.32 Å². The van der Waals surface area contributed by atoms with Gasteiger partial charge in [0.1, 0.15) is 6.61 Å². The SMILES string of the molecule is CC[C@@](NC)(C(=O)O)C(=O)OCC1c2ccccc2-c2ccccc21. The first-order valence-corrected chi connectivity index (χ1v) is 8.33. The number of carboxylic acids is 1. The molecular weight excluding hydrogens is 318 g/mol. The Bertz CT molecular complexity index is 765. The van der Waals surface area contributed by atoms with Crippen LogP contribution in [0.4, 0.5) is 0 Å². The number of nitrogens with one attached hydrogen (secondary N) is 1. The van der Waals surface area contributed by atoms with Gasteiger partial charge >= 0.3 is 11.9 Å². The van der Waals surface area contributed by atoms with Crippen molar-refractivity contribution < 1.29 is 19.4 Å². The molecule has 2 aromatic carbocycles. The van der Waals surface area contributed by atoms with Crippen molar-refractivity contribution in [2.24, 2.45) is 0 Å². The summed E-state index contributed by atoms with van der Waals surface area (Å²) in [6.45, 7) is 1.76. The topological polar surface area (TPSA) is 75.6 Å². The van der Waals surface area contributed by atoms with Crippen molar-refractivity contribution in [1.29, 1.82) is 0 Å². The number of fused-ring (bicyclic) bond motifs is 3. The Balaban J connectivity index is 1.87. The van der Waals surface area contributed by atoms with E-state index in [9.17, 15) is 14.7 Å². The lowest BCUT2D eigenvalue weighted by Gasteiger charge is -2.26. The molecule has 2 N–H and O–H groups in total. The minimum atomic E-state index is -1.71. The summed E-state index contributed by atoms with van der Waals surface area (Å²) in [4.78, 5) is 24.0. The van der Waals surface area contributed by atoms with Crippen molar-refractivity contribution in [2.45, 2.75) is 24.8 Å². The van der Waals surface area contributed by atoms with E-state index in [-0.39, 0.29) is 18.9 Å². The third-order valence-electron chi connectivity index (χ3n) is 5.01. The van der Waals surface area contributed by atoms with Gasteiger partial charge in [-0.1, -0.05) is 55.5 Å². The lowest BCUT2D eigenvalue weighted by Crippen LogP contribution is -2.57. The summed E-state index contributed by atoms with van der Waals surface area (Å²) in [5, 5.41) is 12.0. The fourth-order valence-electron chi connectivity index (χ4n) is 3.49. The van der Waals surface area contributed by atoms with Crippen LogP contribution in [0.25, 0.3) is 11.1 Å². The van der Waals surface area contributed by atoms with Crippen LogP contribution >= 0.6 is 0 Å². The minimum Gasteiger partial charge on any atom is -0.479 e. The van der Waals surface area contributed by atoms with Crippen molar-refractivity contribution in [3.63, 3.8) is 0 Å². The van der Waals surface area contributed by atoms with E-state index in [0.29, 0.717) is 0 Å². The number of carbonyl (C=O) groups is 2. The average molecular weight is 339 g/mol. The minimum absolute atomic E-state index is 0.0865. The number of benzene rings is 2. The van der Waals surface area contributed by atoms with E-state index in [2.05, 4.69) is 17.4 Å². The van der Waals surface area contributed by atoms with Crippen LogP contribution in [0.3, 0.4) is 0 Å². The van der Waals surface area contributed by atoms with Crippen LogP contribution in [0.2, 0.25) is 0 Å². The van der Waals surface area contributed by atoms with E-state index in [1.54, 1.807) is 6.92 Å². The number of ether oxygens (including phenoxy) is 1. The van der Waals surface area contributed by atoms with Crippen LogP contribution in [0.5, 0.6) is 0 Å². The first-order chi connectivity index (χ1) is 12.0. The lowest BCUT2D eigenvalue weighted by atomic mass is 9.95. The van der Waals surface area contributed by atoms with Crippen LogP contribution < -0.4 is 5.32 Å². The molecule has 3 rings (SSSR count). The number of carboxylic acid groups (broad SMARTS) is 1. The molecule has 0 amide bonds. The molecule has 1 atom stereocenters. The zero-order valence-corrected chi connectivity index (χ0v) is 14.3. The van der Waals surface area contributed by atoms with Crippen LogP contribution in [0.15, 0.2) is 48.5 Å². The van der Waals surface area contributed by atoms with E-state index in [4.69, 9.17) is 4.74 Å². The average Bonchev–Trinajstić information content (AvgIpc) is 2.95. The number of aliphatic carboxylic acids is 1. The summed E-state index contributed by atoms with van der Waals surface area (Å²) >= 11 is 0. The second kappa shape index (κ2) is 6.69. The molecule has 0 saturated heterocycles. The molecule has 1 aliphatic carbocycles. The molecule has 5 nitrogen and oxygen atoms in total. The van der Waals surface area contributed by atoms with Gasteiger partial charge in [0.05, 0.1) is 0 Å². The molecule has 5 heteroatoms. The fourth-order valence-corrected chi connectivity index (χ4v) is 3.49. The molecule has 0 bridgehead atoms. The van der Waals surface area contributed by atoms with Gasteiger partial charge in [0.25, 0.3) is 0 Å². The highest BCUT2D eigenvalue weighted by atomic mass is 16.5. The van der Waals surface area contributed by atoms with Gasteiger partial charge in [-0.05, 0) is 35.7 Å². The molecule has 0 unspecified atom stereocenters. The molecule has 0 spiro atoms. The van der Waals surface area contributed by atoms with Crippen LogP contribution in [0.1, 0.15) is 30.4 Å². The highest BCUT2D eigenvalue weighted by Gasteiger charge is 2.45. The van der Waals surface area contributed by atoms with Gasteiger partial charge in [0.15, 0.2) is 0 Å². The van der Waals surface area contributed by atoms with Crippen LogP contribution in [0, 0.1) is 0 Å². The first-order valence-electron chi connectivity index (χ1n) is 8.33. The molecule has 0 saturated carbocycles. The summed E-state index contributed by atoms with van der Waals surface area (Å²) < 4.78 is 5.47. The van der Waals surface area contributed by atoms with Crippen molar-refractivity contribution >= 4 is 11.9 Å². The summed E-state index contributed by atoms with van der Waals surface area (Å²) in [5.41, 5.74) is 2.75. The molecule has 2 aromatic rings. The summed E-state index contributed by atoms with van der Waals surface area (Å²) in [6, 6.07) is 16.0. The molecule has 130 valence electrons. The second-order valence-corrected chi connectivity index (χ2v) is 6.14. The standard InChI is InChI=1S/C20H21NO4/c1-3-20(21-2,18(22)23)19(24)25-12-17-15-10-6-4-8-13(15)14-9-5-7-11-16(14)17/h4-11,17,21H,3,12H2,1-2H3,(H,22,23)/t20-/m1/s1. The molecule has 1 aliphatic rings. The lowest BCUT2D eigenvalue weighted by molar-refractivity contribution is -0.163. The molecule has 0 radical (unpaired) electrons. The van der Waals surface area contributed by atoms with Gasteiger partial charge < -0.3 is 9.84 Å². The maximum Gasteiger partial charge on any atom is 0.338 e. The summed E-state index contributed by atoms with van der Waals surface area (Å²) in [5.74, 6) is -2.07. The number of rotatable bonds is 6. The smallest absolute Gasteiger partial charge is 0.338 e. The maximum absolute atomic E-state index is 12.5. The third kappa shape index (κ3) is 2.70. The monoisotopic (exact) mass is 339 g/mol. The highest BCUT2D eigenvalue weighted by molar-refractivity contribution is 6.04. The Kier molecular flexibility index (Phi) is 4.59. The van der Waals surface area contributed by atoms with Crippen molar-refractivity contribution in [3.05, 3.63) is 59.7 Å². The predicted octanol–water partition coefficient (Wildman–Crippen LogP) is 2.79.